The third kappa shape index (κ3) is 3.22. The average Bonchev–Trinajstić information content (AvgIpc) is 2.50. The van der Waals surface area contributed by atoms with Crippen LogP contribution in [0.15, 0.2) is 0 Å². The van der Waals surface area contributed by atoms with Gasteiger partial charge in [0.15, 0.2) is 0 Å². The van der Waals surface area contributed by atoms with E-state index in [0.29, 0.717) is 6.04 Å². The minimum atomic E-state index is 0.493. The van der Waals surface area contributed by atoms with E-state index in [1.807, 2.05) is 18.7 Å². The number of aryl methyl sites for hydroxylation is 2. The summed E-state index contributed by atoms with van der Waals surface area (Å²) in [6.07, 6.45) is 3.22. The van der Waals surface area contributed by atoms with E-state index >= 15 is 0 Å². The summed E-state index contributed by atoms with van der Waals surface area (Å²) in [7, 11) is 1.96. The first-order chi connectivity index (χ1) is 7.60. The molecule has 16 heavy (non-hydrogen) atoms. The number of nitrogens with one attached hydrogen (secondary N) is 1. The van der Waals surface area contributed by atoms with Gasteiger partial charge in [-0.2, -0.15) is 5.10 Å². The van der Waals surface area contributed by atoms with Crippen molar-refractivity contribution >= 4 is 11.6 Å². The number of rotatable bonds is 6. The Balaban J connectivity index is 2.69. The van der Waals surface area contributed by atoms with Gasteiger partial charge >= 0.3 is 0 Å². The fraction of sp³-hybridized carbons (Fsp3) is 0.750. The second kappa shape index (κ2) is 6.26. The summed E-state index contributed by atoms with van der Waals surface area (Å²) in [5, 5.41) is 8.69. The van der Waals surface area contributed by atoms with Crippen LogP contribution in [0.3, 0.4) is 0 Å². The quantitative estimate of drug-likeness (QED) is 0.833. The molecule has 1 atom stereocenters. The Morgan fingerprint density at radius 2 is 2.12 bits per heavy atom. The topological polar surface area (TPSA) is 29.9 Å². The smallest absolute Gasteiger partial charge is 0.0847 e. The zero-order valence-corrected chi connectivity index (χ0v) is 11.4. The van der Waals surface area contributed by atoms with Gasteiger partial charge in [-0.05, 0) is 26.3 Å². The first-order valence-electron chi connectivity index (χ1n) is 6.01. The minimum Gasteiger partial charge on any atom is -0.314 e. The lowest BCUT2D eigenvalue weighted by Gasteiger charge is -2.16. The van der Waals surface area contributed by atoms with Gasteiger partial charge in [0.25, 0.3) is 0 Å². The maximum atomic E-state index is 6.24. The summed E-state index contributed by atoms with van der Waals surface area (Å²) in [5.74, 6) is 0. The van der Waals surface area contributed by atoms with Crippen LogP contribution in [0.2, 0.25) is 5.02 Å². The van der Waals surface area contributed by atoms with Crippen molar-refractivity contribution in [2.75, 3.05) is 6.54 Å². The van der Waals surface area contributed by atoms with E-state index in [9.17, 15) is 0 Å². The van der Waals surface area contributed by atoms with E-state index < -0.39 is 0 Å². The zero-order chi connectivity index (χ0) is 12.1. The lowest BCUT2D eigenvalue weighted by molar-refractivity contribution is 0.481. The molecule has 92 valence electrons. The van der Waals surface area contributed by atoms with Crippen LogP contribution in [-0.4, -0.2) is 22.4 Å². The van der Waals surface area contributed by atoms with Gasteiger partial charge in [-0.25, -0.2) is 0 Å². The minimum absolute atomic E-state index is 0.493. The largest absolute Gasteiger partial charge is 0.314 e. The highest BCUT2D eigenvalue weighted by Gasteiger charge is 2.15. The van der Waals surface area contributed by atoms with Crippen LogP contribution in [0.25, 0.3) is 0 Å². The Morgan fingerprint density at radius 1 is 1.44 bits per heavy atom. The summed E-state index contributed by atoms with van der Waals surface area (Å²) < 4.78 is 1.90. The molecule has 0 aromatic carbocycles. The van der Waals surface area contributed by atoms with Crippen molar-refractivity contribution in [2.45, 2.75) is 46.1 Å². The Kier molecular flexibility index (Phi) is 5.29. The predicted octanol–water partition coefficient (Wildman–Crippen LogP) is 2.70. The van der Waals surface area contributed by atoms with E-state index in [1.165, 1.54) is 0 Å². The highest BCUT2D eigenvalue weighted by Crippen LogP contribution is 2.21. The van der Waals surface area contributed by atoms with Gasteiger partial charge in [0.05, 0.1) is 16.4 Å². The number of hydrogen-bond donors (Lipinski definition) is 1. The van der Waals surface area contributed by atoms with Crippen molar-refractivity contribution in [2.24, 2.45) is 7.05 Å². The van der Waals surface area contributed by atoms with E-state index in [4.69, 9.17) is 11.6 Å². The van der Waals surface area contributed by atoms with Crippen LogP contribution in [0.1, 0.15) is 38.1 Å². The van der Waals surface area contributed by atoms with Crippen molar-refractivity contribution in [3.63, 3.8) is 0 Å². The molecule has 0 aliphatic rings. The van der Waals surface area contributed by atoms with Crippen LogP contribution in [0, 0.1) is 6.92 Å². The van der Waals surface area contributed by atoms with Gasteiger partial charge < -0.3 is 5.32 Å². The van der Waals surface area contributed by atoms with Crippen LogP contribution in [-0.2, 0) is 13.5 Å². The summed E-state index contributed by atoms with van der Waals surface area (Å²) >= 11 is 6.24. The molecule has 1 N–H and O–H groups in total. The summed E-state index contributed by atoms with van der Waals surface area (Å²) in [4.78, 5) is 0. The molecule has 1 rings (SSSR count). The average molecular weight is 244 g/mol. The second-order valence-corrected chi connectivity index (χ2v) is 4.61. The molecular formula is C12H22ClN3. The number of nitrogens with zero attached hydrogens (tertiary/aromatic N) is 2. The molecule has 0 saturated heterocycles. The molecule has 1 heterocycles. The second-order valence-electron chi connectivity index (χ2n) is 4.23. The van der Waals surface area contributed by atoms with Gasteiger partial charge in [0.1, 0.15) is 0 Å². The Hall–Kier alpha value is -0.540. The van der Waals surface area contributed by atoms with E-state index in [0.717, 1.165) is 42.2 Å². The van der Waals surface area contributed by atoms with Crippen LogP contribution in [0.4, 0.5) is 0 Å². The molecule has 0 saturated carbocycles. The van der Waals surface area contributed by atoms with Crippen LogP contribution >= 0.6 is 11.6 Å². The normalized spacial score (nSPS) is 13.1. The highest BCUT2D eigenvalue weighted by molar-refractivity contribution is 6.31. The van der Waals surface area contributed by atoms with Gasteiger partial charge in [0.2, 0.25) is 0 Å². The van der Waals surface area contributed by atoms with Gasteiger partial charge in [-0.3, -0.25) is 4.68 Å². The molecule has 0 aliphatic heterocycles. The number of aromatic nitrogens is 2. The zero-order valence-electron chi connectivity index (χ0n) is 10.7. The molecule has 0 spiro atoms. The summed E-state index contributed by atoms with van der Waals surface area (Å²) in [5.41, 5.74) is 2.05. The fourth-order valence-electron chi connectivity index (χ4n) is 1.84. The lowest BCUT2D eigenvalue weighted by Crippen LogP contribution is -2.31. The maximum absolute atomic E-state index is 6.24. The third-order valence-electron chi connectivity index (χ3n) is 2.88. The Morgan fingerprint density at radius 3 is 2.56 bits per heavy atom. The molecule has 0 fully saturated rings. The van der Waals surface area contributed by atoms with E-state index in [2.05, 4.69) is 24.3 Å². The monoisotopic (exact) mass is 243 g/mol. The number of halogens is 1. The SMILES string of the molecule is CCCNC(CC)Cc1c(Cl)c(C)nn1C. The molecule has 3 nitrogen and oxygen atoms in total. The number of hydrogen-bond acceptors (Lipinski definition) is 2. The third-order valence-corrected chi connectivity index (χ3v) is 3.37. The fourth-order valence-corrected chi connectivity index (χ4v) is 2.08. The van der Waals surface area contributed by atoms with Crippen molar-refractivity contribution < 1.29 is 0 Å². The van der Waals surface area contributed by atoms with Crippen LogP contribution in [0.5, 0.6) is 0 Å². The van der Waals surface area contributed by atoms with Crippen molar-refractivity contribution in [1.82, 2.24) is 15.1 Å². The van der Waals surface area contributed by atoms with Gasteiger partial charge in [-0.15, -0.1) is 0 Å². The molecule has 0 aliphatic carbocycles. The Labute approximate surface area is 103 Å². The van der Waals surface area contributed by atoms with Crippen molar-refractivity contribution in [3.8, 4) is 0 Å². The summed E-state index contributed by atoms with van der Waals surface area (Å²) in [6, 6.07) is 0.493. The molecule has 0 bridgehead atoms. The lowest BCUT2D eigenvalue weighted by atomic mass is 10.1. The molecule has 0 amide bonds. The van der Waals surface area contributed by atoms with Gasteiger partial charge in [0, 0.05) is 19.5 Å². The van der Waals surface area contributed by atoms with Crippen molar-refractivity contribution in [3.05, 3.63) is 16.4 Å². The van der Waals surface area contributed by atoms with Crippen molar-refractivity contribution in [1.29, 1.82) is 0 Å². The van der Waals surface area contributed by atoms with E-state index in [1.54, 1.807) is 0 Å². The predicted molar refractivity (Wildman–Crippen MR) is 69.0 cm³/mol. The maximum Gasteiger partial charge on any atom is 0.0847 e. The van der Waals surface area contributed by atoms with Crippen LogP contribution < -0.4 is 5.32 Å². The van der Waals surface area contributed by atoms with Gasteiger partial charge in [-0.1, -0.05) is 25.4 Å². The Bertz CT molecular complexity index is 333. The van der Waals surface area contributed by atoms with E-state index in [-0.39, 0.29) is 0 Å². The summed E-state index contributed by atoms with van der Waals surface area (Å²) in [6.45, 7) is 7.39. The first kappa shape index (κ1) is 13.5. The molecule has 4 heteroatoms. The first-order valence-corrected chi connectivity index (χ1v) is 6.39. The molecule has 0 radical (unpaired) electrons. The highest BCUT2D eigenvalue weighted by atomic mass is 35.5. The molecular weight excluding hydrogens is 222 g/mol. The standard InChI is InChI=1S/C12H22ClN3/c1-5-7-14-10(6-2)8-11-12(13)9(3)15-16(11)4/h10,14H,5-8H2,1-4H3. The molecule has 1 aromatic rings. The molecule has 1 aromatic heterocycles. The molecule has 1 unspecified atom stereocenters.